The Hall–Kier alpha value is -4.17. The highest BCUT2D eigenvalue weighted by molar-refractivity contribution is 5.84. The van der Waals surface area contributed by atoms with Crippen molar-refractivity contribution >= 4 is 0 Å². The summed E-state index contributed by atoms with van der Waals surface area (Å²) in [6.45, 7) is 0. The third-order valence-electron chi connectivity index (χ3n) is 5.60. The molecule has 0 spiro atoms. The van der Waals surface area contributed by atoms with Gasteiger partial charge in [0.1, 0.15) is 5.69 Å². The van der Waals surface area contributed by atoms with Gasteiger partial charge in [-0.05, 0) is 22.8 Å². The zero-order valence-electron chi connectivity index (χ0n) is 17.9. The van der Waals surface area contributed by atoms with Crippen molar-refractivity contribution in [3.05, 3.63) is 121 Å². The molecule has 0 aliphatic rings. The van der Waals surface area contributed by atoms with Crippen LogP contribution in [0.4, 0.5) is 0 Å². The highest BCUT2D eigenvalue weighted by Gasteiger charge is 2.17. The number of nitrogens with zero attached hydrogens (tertiary/aromatic N) is 1. The van der Waals surface area contributed by atoms with Crippen LogP contribution in [0.3, 0.4) is 0 Å². The van der Waals surface area contributed by atoms with Crippen LogP contribution in [0.5, 0.6) is 5.75 Å². The highest BCUT2D eigenvalue weighted by atomic mass is 16.5. The predicted molar refractivity (Wildman–Crippen MR) is 133 cm³/mol. The molecule has 0 radical (unpaired) electrons. The minimum absolute atomic E-state index is 0.781. The van der Waals surface area contributed by atoms with E-state index in [1.165, 1.54) is 11.1 Å². The highest BCUT2D eigenvalue weighted by Crippen LogP contribution is 2.40. The number of methoxy groups -OCH3 is 1. The van der Waals surface area contributed by atoms with Crippen LogP contribution >= 0.6 is 0 Å². The van der Waals surface area contributed by atoms with Crippen molar-refractivity contribution in [2.75, 3.05) is 7.11 Å². The Bertz CT molecular complexity index is 1310. The average molecular weight is 414 g/mol. The number of benzene rings is 4. The summed E-state index contributed by atoms with van der Waals surface area (Å²) in [5, 5.41) is 0. The summed E-state index contributed by atoms with van der Waals surface area (Å²) in [6.07, 6.45) is 0. The molecule has 0 atom stereocenters. The summed E-state index contributed by atoms with van der Waals surface area (Å²) in [4.78, 5) is 5.05. The molecule has 2 nitrogen and oxygen atoms in total. The minimum Gasteiger partial charge on any atom is -0.494 e. The maximum atomic E-state index is 5.93. The molecule has 1 heterocycles. The van der Waals surface area contributed by atoms with E-state index in [4.69, 9.17) is 9.72 Å². The van der Waals surface area contributed by atoms with E-state index >= 15 is 0 Å². The van der Waals surface area contributed by atoms with Crippen LogP contribution in [-0.2, 0) is 0 Å². The van der Waals surface area contributed by atoms with Gasteiger partial charge >= 0.3 is 0 Å². The van der Waals surface area contributed by atoms with Gasteiger partial charge in [0.05, 0.1) is 12.8 Å². The smallest absolute Gasteiger partial charge is 0.152 e. The molecule has 0 unspecified atom stereocenters. The number of hydrogen-bond donors (Lipinski definition) is 0. The lowest BCUT2D eigenvalue weighted by Gasteiger charge is -2.16. The molecule has 0 N–H and O–H groups in total. The third kappa shape index (κ3) is 3.91. The monoisotopic (exact) mass is 413 g/mol. The fourth-order valence-electron chi connectivity index (χ4n) is 3.98. The molecule has 0 saturated carbocycles. The molecule has 4 aromatic carbocycles. The van der Waals surface area contributed by atoms with E-state index in [2.05, 4.69) is 78.9 Å². The first kappa shape index (κ1) is 19.8. The van der Waals surface area contributed by atoms with E-state index in [9.17, 15) is 0 Å². The van der Waals surface area contributed by atoms with Gasteiger partial charge < -0.3 is 4.74 Å². The second-order valence-corrected chi connectivity index (χ2v) is 7.61. The molecule has 0 saturated heterocycles. The maximum Gasteiger partial charge on any atom is 0.152 e. The van der Waals surface area contributed by atoms with Crippen LogP contribution in [-0.4, -0.2) is 12.1 Å². The van der Waals surface area contributed by atoms with Crippen LogP contribution < -0.4 is 4.74 Å². The fourth-order valence-corrected chi connectivity index (χ4v) is 3.98. The molecule has 5 aromatic rings. The van der Waals surface area contributed by atoms with Crippen molar-refractivity contribution in [1.29, 1.82) is 0 Å². The van der Waals surface area contributed by atoms with E-state index in [0.717, 1.165) is 39.4 Å². The quantitative estimate of drug-likeness (QED) is 0.294. The molecular formula is C30H23NO. The summed E-state index contributed by atoms with van der Waals surface area (Å²) in [5.41, 5.74) is 8.37. The number of rotatable bonds is 5. The molecule has 2 heteroatoms. The molecule has 0 amide bonds. The molecule has 5 rings (SSSR count). The van der Waals surface area contributed by atoms with Gasteiger partial charge in [0, 0.05) is 16.7 Å². The van der Waals surface area contributed by atoms with Crippen molar-refractivity contribution in [3.8, 4) is 50.5 Å². The van der Waals surface area contributed by atoms with Crippen LogP contribution in [0.25, 0.3) is 44.8 Å². The summed E-state index contributed by atoms with van der Waals surface area (Å²) < 4.78 is 5.93. The van der Waals surface area contributed by atoms with E-state index < -0.39 is 0 Å². The van der Waals surface area contributed by atoms with Crippen molar-refractivity contribution in [2.24, 2.45) is 0 Å². The Kier molecular flexibility index (Phi) is 5.50. The fraction of sp³-hybridized carbons (Fsp3) is 0.0333. The van der Waals surface area contributed by atoms with Gasteiger partial charge in [0.25, 0.3) is 0 Å². The second-order valence-electron chi connectivity index (χ2n) is 7.61. The summed E-state index contributed by atoms with van der Waals surface area (Å²) in [6, 6.07) is 41.7. The SMILES string of the molecule is COc1c(-c2ccccc2)cc(-c2ccccc2)nc1-c1ccc(-c2ccccc2)cc1. The normalized spacial score (nSPS) is 10.7. The van der Waals surface area contributed by atoms with Crippen LogP contribution in [0.15, 0.2) is 121 Å². The molecular weight excluding hydrogens is 390 g/mol. The Balaban J connectivity index is 1.68. The van der Waals surface area contributed by atoms with Crippen molar-refractivity contribution in [1.82, 2.24) is 4.98 Å². The lowest BCUT2D eigenvalue weighted by Crippen LogP contribution is -1.97. The predicted octanol–water partition coefficient (Wildman–Crippen LogP) is 7.76. The standard InChI is InChI=1S/C30H23NO/c1-32-30-27(24-13-7-3-8-14-24)21-28(25-15-9-4-10-16-25)31-29(30)26-19-17-23(18-20-26)22-11-5-2-6-12-22/h2-21H,1H3. The molecule has 1 aromatic heterocycles. The van der Waals surface area contributed by atoms with E-state index in [1.54, 1.807) is 7.11 Å². The van der Waals surface area contributed by atoms with Gasteiger partial charge in [0.2, 0.25) is 0 Å². The van der Waals surface area contributed by atoms with Gasteiger partial charge in [-0.1, -0.05) is 115 Å². The Morgan fingerprint density at radius 2 is 0.969 bits per heavy atom. The zero-order valence-corrected chi connectivity index (χ0v) is 17.9. The van der Waals surface area contributed by atoms with Gasteiger partial charge in [-0.15, -0.1) is 0 Å². The molecule has 0 bridgehead atoms. The van der Waals surface area contributed by atoms with E-state index in [-0.39, 0.29) is 0 Å². The minimum atomic E-state index is 0.781. The second kappa shape index (κ2) is 8.91. The van der Waals surface area contributed by atoms with E-state index in [1.807, 2.05) is 42.5 Å². The van der Waals surface area contributed by atoms with Gasteiger partial charge in [-0.25, -0.2) is 4.98 Å². The average Bonchev–Trinajstić information content (AvgIpc) is 2.89. The first-order valence-corrected chi connectivity index (χ1v) is 10.7. The molecule has 32 heavy (non-hydrogen) atoms. The van der Waals surface area contributed by atoms with Gasteiger partial charge in [0.15, 0.2) is 5.75 Å². The number of hydrogen-bond acceptors (Lipinski definition) is 2. The summed E-state index contributed by atoms with van der Waals surface area (Å²) in [5.74, 6) is 0.781. The van der Waals surface area contributed by atoms with Crippen LogP contribution in [0.2, 0.25) is 0 Å². The Labute approximate surface area is 188 Å². The Morgan fingerprint density at radius 1 is 0.500 bits per heavy atom. The number of ether oxygens (including phenoxy) is 1. The van der Waals surface area contributed by atoms with Crippen LogP contribution in [0.1, 0.15) is 0 Å². The molecule has 154 valence electrons. The zero-order chi connectivity index (χ0) is 21.8. The maximum absolute atomic E-state index is 5.93. The Morgan fingerprint density at radius 3 is 1.53 bits per heavy atom. The summed E-state index contributed by atoms with van der Waals surface area (Å²) >= 11 is 0. The van der Waals surface area contributed by atoms with Gasteiger partial charge in [-0.3, -0.25) is 0 Å². The summed E-state index contributed by atoms with van der Waals surface area (Å²) in [7, 11) is 1.72. The lowest BCUT2D eigenvalue weighted by atomic mass is 9.97. The van der Waals surface area contributed by atoms with Crippen molar-refractivity contribution in [2.45, 2.75) is 0 Å². The van der Waals surface area contributed by atoms with Crippen molar-refractivity contribution < 1.29 is 4.74 Å². The number of pyridine rings is 1. The van der Waals surface area contributed by atoms with E-state index in [0.29, 0.717) is 0 Å². The molecule has 0 fully saturated rings. The number of aromatic nitrogens is 1. The largest absolute Gasteiger partial charge is 0.494 e. The lowest BCUT2D eigenvalue weighted by molar-refractivity contribution is 0.416. The van der Waals surface area contributed by atoms with Gasteiger partial charge in [-0.2, -0.15) is 0 Å². The first-order chi connectivity index (χ1) is 15.8. The van der Waals surface area contributed by atoms with Crippen molar-refractivity contribution in [3.63, 3.8) is 0 Å². The molecule has 0 aliphatic heterocycles. The third-order valence-corrected chi connectivity index (χ3v) is 5.60. The van der Waals surface area contributed by atoms with Crippen LogP contribution in [0, 0.1) is 0 Å². The topological polar surface area (TPSA) is 22.1 Å². The molecule has 0 aliphatic carbocycles. The first-order valence-electron chi connectivity index (χ1n) is 10.7.